The van der Waals surface area contributed by atoms with Crippen molar-refractivity contribution in [2.75, 3.05) is 11.9 Å². The molecule has 0 aliphatic carbocycles. The molecule has 1 aromatic carbocycles. The molecule has 3 aromatic rings. The largest absolute Gasteiger partial charge is 0.360 e. The SMILES string of the molecule is CC(C)c1nsc(NCCCc2nc3ccccc3[nH]2)n1. The first-order valence-electron chi connectivity index (χ1n) is 7.23. The monoisotopic (exact) mass is 301 g/mol. The van der Waals surface area contributed by atoms with Gasteiger partial charge >= 0.3 is 0 Å². The van der Waals surface area contributed by atoms with Crippen LogP contribution in [-0.4, -0.2) is 25.9 Å². The maximum atomic E-state index is 4.58. The van der Waals surface area contributed by atoms with E-state index < -0.39 is 0 Å². The molecule has 0 saturated heterocycles. The molecule has 0 amide bonds. The van der Waals surface area contributed by atoms with Gasteiger partial charge in [0.1, 0.15) is 11.6 Å². The summed E-state index contributed by atoms with van der Waals surface area (Å²) in [5.41, 5.74) is 2.14. The standard InChI is InChI=1S/C15H19N5S/c1-10(2)14-19-15(21-20-14)16-9-5-8-13-17-11-6-3-4-7-12(11)18-13/h3-4,6-7,10H,5,8-9H2,1-2H3,(H,17,18)(H,16,19,20). The second kappa shape index (κ2) is 6.22. The maximum absolute atomic E-state index is 4.58. The molecule has 2 aromatic heterocycles. The number of aromatic nitrogens is 4. The molecular weight excluding hydrogens is 282 g/mol. The van der Waals surface area contributed by atoms with Crippen molar-refractivity contribution in [3.05, 3.63) is 35.9 Å². The number of benzene rings is 1. The highest BCUT2D eigenvalue weighted by molar-refractivity contribution is 7.09. The van der Waals surface area contributed by atoms with Crippen LogP contribution in [0, 0.1) is 0 Å². The van der Waals surface area contributed by atoms with E-state index in [0.717, 1.165) is 47.2 Å². The van der Waals surface area contributed by atoms with E-state index in [4.69, 9.17) is 0 Å². The van der Waals surface area contributed by atoms with Crippen molar-refractivity contribution in [3.63, 3.8) is 0 Å². The van der Waals surface area contributed by atoms with Crippen molar-refractivity contribution < 1.29 is 0 Å². The fourth-order valence-corrected chi connectivity index (χ4v) is 2.85. The van der Waals surface area contributed by atoms with Gasteiger partial charge in [0, 0.05) is 30.4 Å². The van der Waals surface area contributed by atoms with Crippen molar-refractivity contribution in [1.29, 1.82) is 0 Å². The molecule has 0 atom stereocenters. The third-order valence-corrected chi connectivity index (χ3v) is 3.95. The molecule has 3 rings (SSSR count). The second-order valence-corrected chi connectivity index (χ2v) is 6.10. The second-order valence-electron chi connectivity index (χ2n) is 5.34. The van der Waals surface area contributed by atoms with Crippen LogP contribution in [0.1, 0.15) is 37.8 Å². The Morgan fingerprint density at radius 1 is 1.24 bits per heavy atom. The Kier molecular flexibility index (Phi) is 4.15. The van der Waals surface area contributed by atoms with E-state index in [-0.39, 0.29) is 0 Å². The Morgan fingerprint density at radius 3 is 2.86 bits per heavy atom. The topological polar surface area (TPSA) is 66.5 Å². The third-order valence-electron chi connectivity index (χ3n) is 3.26. The molecule has 2 heterocycles. The fraction of sp³-hybridized carbons (Fsp3) is 0.400. The molecule has 2 N–H and O–H groups in total. The van der Waals surface area contributed by atoms with Gasteiger partial charge in [0.15, 0.2) is 0 Å². The molecule has 0 bridgehead atoms. The lowest BCUT2D eigenvalue weighted by Gasteiger charge is -2.00. The van der Waals surface area contributed by atoms with E-state index in [2.05, 4.69) is 44.6 Å². The van der Waals surface area contributed by atoms with Crippen LogP contribution >= 0.6 is 11.5 Å². The molecule has 110 valence electrons. The quantitative estimate of drug-likeness (QED) is 0.683. The lowest BCUT2D eigenvalue weighted by atomic mass is 10.2. The van der Waals surface area contributed by atoms with Crippen LogP contribution < -0.4 is 5.32 Å². The van der Waals surface area contributed by atoms with Gasteiger partial charge in [0.25, 0.3) is 0 Å². The molecule has 0 radical (unpaired) electrons. The average molecular weight is 301 g/mol. The van der Waals surface area contributed by atoms with Gasteiger partial charge in [-0.15, -0.1) is 0 Å². The van der Waals surface area contributed by atoms with Gasteiger partial charge < -0.3 is 10.3 Å². The molecule has 0 spiro atoms. The highest BCUT2D eigenvalue weighted by Gasteiger charge is 2.07. The Hall–Kier alpha value is -1.95. The van der Waals surface area contributed by atoms with Gasteiger partial charge in [-0.2, -0.15) is 4.37 Å². The number of hydrogen-bond acceptors (Lipinski definition) is 5. The zero-order valence-corrected chi connectivity index (χ0v) is 13.1. The molecule has 0 fully saturated rings. The summed E-state index contributed by atoms with van der Waals surface area (Å²) >= 11 is 1.43. The van der Waals surface area contributed by atoms with Crippen LogP contribution in [-0.2, 0) is 6.42 Å². The Balaban J connectivity index is 1.49. The summed E-state index contributed by atoms with van der Waals surface area (Å²) in [4.78, 5) is 12.4. The summed E-state index contributed by atoms with van der Waals surface area (Å²) in [6, 6.07) is 8.12. The van der Waals surface area contributed by atoms with E-state index >= 15 is 0 Å². The van der Waals surface area contributed by atoms with E-state index in [1.807, 2.05) is 18.2 Å². The predicted molar refractivity (Wildman–Crippen MR) is 86.9 cm³/mol. The first-order chi connectivity index (χ1) is 10.2. The number of imidazole rings is 1. The number of aryl methyl sites for hydroxylation is 1. The van der Waals surface area contributed by atoms with Gasteiger partial charge in [-0.05, 0) is 18.6 Å². The minimum Gasteiger partial charge on any atom is -0.360 e. The number of aromatic amines is 1. The Labute approximate surface area is 128 Å². The number of hydrogen-bond donors (Lipinski definition) is 2. The molecule has 21 heavy (non-hydrogen) atoms. The van der Waals surface area contributed by atoms with Crippen molar-refractivity contribution in [2.45, 2.75) is 32.6 Å². The zero-order valence-electron chi connectivity index (χ0n) is 12.3. The molecule has 6 heteroatoms. The fourth-order valence-electron chi connectivity index (χ4n) is 2.12. The van der Waals surface area contributed by atoms with Crippen LogP contribution in [0.3, 0.4) is 0 Å². The molecule has 5 nitrogen and oxygen atoms in total. The number of H-pyrrole nitrogens is 1. The normalized spacial score (nSPS) is 11.4. The molecule has 0 aliphatic rings. The van der Waals surface area contributed by atoms with Gasteiger partial charge in [-0.25, -0.2) is 9.97 Å². The molecule has 0 unspecified atom stereocenters. The van der Waals surface area contributed by atoms with Crippen molar-refractivity contribution in [3.8, 4) is 0 Å². The van der Waals surface area contributed by atoms with Gasteiger partial charge in [-0.1, -0.05) is 26.0 Å². The van der Waals surface area contributed by atoms with Crippen LogP contribution in [0.2, 0.25) is 0 Å². The number of nitrogens with zero attached hydrogens (tertiary/aromatic N) is 3. The Bertz CT molecular complexity index is 683. The minimum atomic E-state index is 0.382. The zero-order chi connectivity index (χ0) is 14.7. The first-order valence-corrected chi connectivity index (χ1v) is 8.01. The number of para-hydroxylation sites is 2. The van der Waals surface area contributed by atoms with Crippen LogP contribution in [0.25, 0.3) is 11.0 Å². The van der Waals surface area contributed by atoms with Crippen LogP contribution in [0.4, 0.5) is 5.13 Å². The average Bonchev–Trinajstić information content (AvgIpc) is 3.10. The number of nitrogens with one attached hydrogen (secondary N) is 2. The lowest BCUT2D eigenvalue weighted by Crippen LogP contribution is -2.03. The summed E-state index contributed by atoms with van der Waals surface area (Å²) < 4.78 is 4.33. The van der Waals surface area contributed by atoms with Gasteiger partial charge in [-0.3, -0.25) is 0 Å². The van der Waals surface area contributed by atoms with Crippen LogP contribution in [0.5, 0.6) is 0 Å². The highest BCUT2D eigenvalue weighted by atomic mass is 32.1. The van der Waals surface area contributed by atoms with E-state index in [0.29, 0.717) is 5.92 Å². The summed E-state index contributed by atoms with van der Waals surface area (Å²) in [5.74, 6) is 2.34. The van der Waals surface area contributed by atoms with E-state index in [9.17, 15) is 0 Å². The highest BCUT2D eigenvalue weighted by Crippen LogP contribution is 2.17. The van der Waals surface area contributed by atoms with Gasteiger partial charge in [0.2, 0.25) is 5.13 Å². The maximum Gasteiger partial charge on any atom is 0.202 e. The van der Waals surface area contributed by atoms with Crippen molar-refractivity contribution >= 4 is 27.7 Å². The number of anilines is 1. The molecular formula is C15H19N5S. The third kappa shape index (κ3) is 3.39. The first kappa shape index (κ1) is 14.0. The lowest BCUT2D eigenvalue weighted by molar-refractivity contribution is 0.794. The number of fused-ring (bicyclic) bond motifs is 1. The van der Waals surface area contributed by atoms with Crippen molar-refractivity contribution in [1.82, 2.24) is 19.3 Å². The van der Waals surface area contributed by atoms with Crippen molar-refractivity contribution in [2.24, 2.45) is 0 Å². The van der Waals surface area contributed by atoms with E-state index in [1.54, 1.807) is 0 Å². The summed E-state index contributed by atoms with van der Waals surface area (Å²) in [6.07, 6.45) is 1.94. The smallest absolute Gasteiger partial charge is 0.202 e. The number of rotatable bonds is 6. The van der Waals surface area contributed by atoms with Gasteiger partial charge in [0.05, 0.1) is 11.0 Å². The summed E-state index contributed by atoms with van der Waals surface area (Å²) in [7, 11) is 0. The summed E-state index contributed by atoms with van der Waals surface area (Å²) in [6.45, 7) is 5.09. The minimum absolute atomic E-state index is 0.382. The molecule has 0 saturated carbocycles. The van der Waals surface area contributed by atoms with Crippen LogP contribution in [0.15, 0.2) is 24.3 Å². The predicted octanol–water partition coefficient (Wildman–Crippen LogP) is 3.58. The summed E-state index contributed by atoms with van der Waals surface area (Å²) in [5, 5.41) is 4.23. The Morgan fingerprint density at radius 2 is 2.10 bits per heavy atom. The van der Waals surface area contributed by atoms with E-state index in [1.165, 1.54) is 11.5 Å². The molecule has 0 aliphatic heterocycles.